The minimum Gasteiger partial charge on any atom is -0.512 e. The highest BCUT2D eigenvalue weighted by molar-refractivity contribution is 7.80. The third kappa shape index (κ3) is 6.83. The molecule has 1 fully saturated rings. The number of aryl methyl sites for hydroxylation is 1. The zero-order chi connectivity index (χ0) is 26.2. The molecule has 0 spiro atoms. The van der Waals surface area contributed by atoms with Crippen LogP contribution in [0.2, 0.25) is 0 Å². The molecular formula is C31H31F2NO2S. The highest BCUT2D eigenvalue weighted by Gasteiger charge is 2.34. The number of aliphatic hydroxyl groups is 1. The minimum atomic E-state index is -0.284. The van der Waals surface area contributed by atoms with E-state index in [2.05, 4.69) is 48.4 Å². The number of thiol groups is 1. The highest BCUT2D eigenvalue weighted by atomic mass is 32.1. The molecule has 1 saturated carbocycles. The molecule has 192 valence electrons. The first kappa shape index (κ1) is 26.6. The largest absolute Gasteiger partial charge is 0.512 e. The Hall–Kier alpha value is -3.51. The summed E-state index contributed by atoms with van der Waals surface area (Å²) in [6.07, 6.45) is 5.13. The van der Waals surface area contributed by atoms with Crippen LogP contribution in [0.4, 0.5) is 8.78 Å². The number of hydrogen-bond donors (Lipinski definition) is 2. The molecule has 0 amide bonds. The first-order valence-electron chi connectivity index (χ1n) is 12.4. The summed E-state index contributed by atoms with van der Waals surface area (Å²) in [5, 5.41) is 8.09. The molecule has 2 aliphatic rings. The van der Waals surface area contributed by atoms with Gasteiger partial charge in [-0.3, -0.25) is 0 Å². The normalized spacial score (nSPS) is 14.6. The van der Waals surface area contributed by atoms with Crippen LogP contribution in [-0.4, -0.2) is 22.3 Å². The van der Waals surface area contributed by atoms with Gasteiger partial charge in [-0.05, 0) is 91.8 Å². The quantitative estimate of drug-likeness (QED) is 0.244. The summed E-state index contributed by atoms with van der Waals surface area (Å²) in [6.45, 7) is 3.94. The Bertz CT molecular complexity index is 1260. The molecule has 5 rings (SSSR count). The fourth-order valence-electron chi connectivity index (χ4n) is 4.25. The topological polar surface area (TPSA) is 32.7 Å². The van der Waals surface area contributed by atoms with Crippen molar-refractivity contribution < 1.29 is 18.6 Å². The number of allylic oxidation sites excluding steroid dienone is 1. The van der Waals surface area contributed by atoms with Gasteiger partial charge in [0.2, 0.25) is 0 Å². The lowest BCUT2D eigenvalue weighted by molar-refractivity contribution is 0.272. The SMILES string of the molecule is C=C(O)CS.Fc1ccc(C2=C(c3ccc(F)cc3)N(CCCc3ccccc3)C(=C3CCC3)O2)cc1. The van der Waals surface area contributed by atoms with E-state index in [4.69, 9.17) is 9.84 Å². The van der Waals surface area contributed by atoms with E-state index in [0.29, 0.717) is 11.5 Å². The fraction of sp³-hybridized carbons (Fsp3) is 0.226. The van der Waals surface area contributed by atoms with E-state index >= 15 is 0 Å². The standard InChI is InChI=1S/C28H25F2NO.C3H6OS/c29-24-15-11-21(12-16-24)26-27(22-13-17-25(30)18-14-22)32-28(23-9-4-10-23)31(26)19-5-8-20-6-2-1-3-7-20;1-3(4)2-5/h1-3,6-7,11-18H,4-5,8-10,19H2;4-5H,1-2H2. The Kier molecular flexibility index (Phi) is 9.07. The molecule has 0 aromatic heterocycles. The van der Waals surface area contributed by atoms with Gasteiger partial charge in [0.25, 0.3) is 0 Å². The van der Waals surface area contributed by atoms with E-state index in [1.807, 2.05) is 6.07 Å². The van der Waals surface area contributed by atoms with Gasteiger partial charge in [-0.15, -0.1) is 0 Å². The van der Waals surface area contributed by atoms with Crippen molar-refractivity contribution in [2.75, 3.05) is 12.3 Å². The van der Waals surface area contributed by atoms with E-state index in [-0.39, 0.29) is 17.4 Å². The molecule has 6 heteroatoms. The number of halogens is 2. The molecule has 37 heavy (non-hydrogen) atoms. The third-order valence-corrected chi connectivity index (χ3v) is 6.65. The first-order chi connectivity index (χ1) is 18.0. The van der Waals surface area contributed by atoms with Gasteiger partial charge in [0, 0.05) is 23.4 Å². The average Bonchev–Trinajstić information content (AvgIpc) is 3.23. The van der Waals surface area contributed by atoms with Gasteiger partial charge in [0.15, 0.2) is 11.6 Å². The number of hydrogen-bond acceptors (Lipinski definition) is 4. The van der Waals surface area contributed by atoms with E-state index < -0.39 is 0 Å². The van der Waals surface area contributed by atoms with Crippen LogP contribution in [0.3, 0.4) is 0 Å². The second-order valence-corrected chi connectivity index (χ2v) is 9.34. The van der Waals surface area contributed by atoms with Crippen LogP contribution in [0.25, 0.3) is 11.5 Å². The van der Waals surface area contributed by atoms with Crippen molar-refractivity contribution in [1.82, 2.24) is 4.90 Å². The fourth-order valence-corrected chi connectivity index (χ4v) is 4.25. The Labute approximate surface area is 222 Å². The summed E-state index contributed by atoms with van der Waals surface area (Å²) in [7, 11) is 0. The van der Waals surface area contributed by atoms with E-state index in [1.54, 1.807) is 24.3 Å². The van der Waals surface area contributed by atoms with E-state index in [9.17, 15) is 8.78 Å². The number of aliphatic hydroxyl groups excluding tert-OH is 1. The zero-order valence-electron chi connectivity index (χ0n) is 20.7. The molecule has 0 radical (unpaired) electrons. The summed E-state index contributed by atoms with van der Waals surface area (Å²) in [6, 6.07) is 23.3. The van der Waals surface area contributed by atoms with Crippen molar-refractivity contribution in [1.29, 1.82) is 0 Å². The molecule has 1 heterocycles. The molecule has 0 unspecified atom stereocenters. The van der Waals surface area contributed by atoms with Crippen LogP contribution >= 0.6 is 12.6 Å². The Morgan fingerprint density at radius 1 is 0.892 bits per heavy atom. The number of nitrogens with zero attached hydrogens (tertiary/aromatic N) is 1. The highest BCUT2D eigenvalue weighted by Crippen LogP contribution is 2.45. The average molecular weight is 520 g/mol. The predicted molar refractivity (Wildman–Crippen MR) is 149 cm³/mol. The second kappa shape index (κ2) is 12.6. The summed E-state index contributed by atoms with van der Waals surface area (Å²) in [5.41, 5.74) is 5.23. The van der Waals surface area contributed by atoms with Gasteiger partial charge in [-0.2, -0.15) is 12.6 Å². The Morgan fingerprint density at radius 3 is 1.97 bits per heavy atom. The van der Waals surface area contributed by atoms with Gasteiger partial charge in [0.05, 0.1) is 11.5 Å². The van der Waals surface area contributed by atoms with Crippen molar-refractivity contribution in [3.05, 3.63) is 131 Å². The van der Waals surface area contributed by atoms with Crippen molar-refractivity contribution in [3.8, 4) is 0 Å². The molecule has 1 aliphatic heterocycles. The number of benzene rings is 3. The Balaban J connectivity index is 0.000000586. The van der Waals surface area contributed by atoms with Gasteiger partial charge < -0.3 is 14.7 Å². The van der Waals surface area contributed by atoms with E-state index in [0.717, 1.165) is 61.4 Å². The van der Waals surface area contributed by atoms with Crippen LogP contribution in [0, 0.1) is 11.6 Å². The van der Waals surface area contributed by atoms with Crippen LogP contribution < -0.4 is 0 Å². The van der Waals surface area contributed by atoms with Gasteiger partial charge in [-0.25, -0.2) is 8.78 Å². The Morgan fingerprint density at radius 2 is 1.46 bits per heavy atom. The molecule has 0 saturated heterocycles. The van der Waals surface area contributed by atoms with Crippen molar-refractivity contribution in [3.63, 3.8) is 0 Å². The predicted octanol–water partition coefficient (Wildman–Crippen LogP) is 8.14. The van der Waals surface area contributed by atoms with Gasteiger partial charge in [0.1, 0.15) is 11.6 Å². The molecule has 1 aliphatic carbocycles. The lowest BCUT2D eigenvalue weighted by Gasteiger charge is -2.27. The summed E-state index contributed by atoms with van der Waals surface area (Å²) < 4.78 is 33.7. The molecule has 3 aromatic carbocycles. The molecule has 1 N–H and O–H groups in total. The summed E-state index contributed by atoms with van der Waals surface area (Å²) in [5.74, 6) is 1.51. The van der Waals surface area contributed by atoms with Gasteiger partial charge >= 0.3 is 0 Å². The molecule has 3 nitrogen and oxygen atoms in total. The third-order valence-electron chi connectivity index (χ3n) is 6.29. The number of rotatable bonds is 7. The maximum Gasteiger partial charge on any atom is 0.199 e. The molecule has 0 bridgehead atoms. The van der Waals surface area contributed by atoms with Crippen molar-refractivity contribution in [2.45, 2.75) is 32.1 Å². The maximum absolute atomic E-state index is 13.7. The van der Waals surface area contributed by atoms with Crippen molar-refractivity contribution in [2.24, 2.45) is 0 Å². The van der Waals surface area contributed by atoms with Crippen LogP contribution in [0.1, 0.15) is 42.4 Å². The van der Waals surface area contributed by atoms with E-state index in [1.165, 1.54) is 35.4 Å². The maximum atomic E-state index is 13.7. The van der Waals surface area contributed by atoms with Crippen LogP contribution in [0.5, 0.6) is 0 Å². The summed E-state index contributed by atoms with van der Waals surface area (Å²) >= 11 is 3.67. The van der Waals surface area contributed by atoms with Gasteiger partial charge in [-0.1, -0.05) is 36.9 Å². The lowest BCUT2D eigenvalue weighted by Crippen LogP contribution is -2.23. The first-order valence-corrected chi connectivity index (χ1v) is 13.0. The monoisotopic (exact) mass is 519 g/mol. The zero-order valence-corrected chi connectivity index (χ0v) is 21.6. The minimum absolute atomic E-state index is 0.119. The van der Waals surface area contributed by atoms with Crippen molar-refractivity contribution >= 4 is 24.1 Å². The lowest BCUT2D eigenvalue weighted by atomic mass is 9.92. The van der Waals surface area contributed by atoms with Crippen LogP contribution in [-0.2, 0) is 11.2 Å². The smallest absolute Gasteiger partial charge is 0.199 e. The van der Waals surface area contributed by atoms with Crippen LogP contribution in [0.15, 0.2) is 103 Å². The molecule has 0 atom stereocenters. The molecular weight excluding hydrogens is 488 g/mol. The second-order valence-electron chi connectivity index (χ2n) is 9.02. The summed E-state index contributed by atoms with van der Waals surface area (Å²) in [4.78, 5) is 2.24. The number of ether oxygens (including phenoxy) is 1. The molecule has 3 aromatic rings.